The van der Waals surface area contributed by atoms with E-state index in [9.17, 15) is 18.0 Å². The Morgan fingerprint density at radius 1 is 1.06 bits per heavy atom. The maximum Gasteiger partial charge on any atom is 0.316 e. The molecule has 10 heteroatoms. The lowest BCUT2D eigenvalue weighted by Gasteiger charge is -2.22. The summed E-state index contributed by atoms with van der Waals surface area (Å²) in [6.07, 6.45) is 0.577. The molecule has 3 heterocycles. The van der Waals surface area contributed by atoms with Gasteiger partial charge in [0.05, 0.1) is 31.5 Å². The van der Waals surface area contributed by atoms with Crippen LogP contribution in [0, 0.1) is 5.82 Å². The highest BCUT2D eigenvalue weighted by Gasteiger charge is 2.35. The predicted octanol–water partition coefficient (Wildman–Crippen LogP) is 3.43. The third-order valence-corrected chi connectivity index (χ3v) is 4.89. The van der Waals surface area contributed by atoms with Gasteiger partial charge < -0.3 is 15.0 Å². The molecule has 4 rings (SSSR count). The number of benzene rings is 1. The molecule has 2 atom stereocenters. The highest BCUT2D eigenvalue weighted by molar-refractivity contribution is 6.08. The van der Waals surface area contributed by atoms with Gasteiger partial charge in [-0.15, -0.1) is 0 Å². The number of hydrogen-bond acceptors (Lipinski definition) is 6. The standard InChI is InChI=1S/C21H18F3N5O2/c1-31-21-26-8-12(9-27-21)20(30)28-18-14(13-4-2-3-5-15(13)22)6-7-25-19(18)29-10-16(23)17(24)11-29/h2-9,16-17H,10-11H2,1H3,(H,28,30)/t16-,17+. The molecule has 0 radical (unpaired) electrons. The summed E-state index contributed by atoms with van der Waals surface area (Å²) in [5, 5.41) is 2.69. The van der Waals surface area contributed by atoms with Gasteiger partial charge in [0.2, 0.25) is 0 Å². The predicted molar refractivity (Wildman–Crippen MR) is 108 cm³/mol. The fourth-order valence-corrected chi connectivity index (χ4v) is 3.34. The van der Waals surface area contributed by atoms with Crippen molar-refractivity contribution in [3.63, 3.8) is 0 Å². The molecule has 1 aliphatic heterocycles. The van der Waals surface area contributed by atoms with Crippen molar-refractivity contribution in [1.29, 1.82) is 0 Å². The number of amides is 1. The quantitative estimate of drug-likeness (QED) is 0.670. The van der Waals surface area contributed by atoms with E-state index in [1.807, 2.05) is 0 Å². The number of pyridine rings is 1. The Hall–Kier alpha value is -3.69. The van der Waals surface area contributed by atoms with Crippen LogP contribution in [0.2, 0.25) is 0 Å². The molecule has 1 amide bonds. The summed E-state index contributed by atoms with van der Waals surface area (Å²) in [6, 6.07) is 7.62. The molecule has 160 valence electrons. The number of aromatic nitrogens is 3. The number of carbonyl (C=O) groups excluding carboxylic acids is 1. The number of anilines is 2. The Morgan fingerprint density at radius 3 is 2.39 bits per heavy atom. The molecule has 0 saturated carbocycles. The fraction of sp³-hybridized carbons (Fsp3) is 0.238. The van der Waals surface area contributed by atoms with Gasteiger partial charge in [-0.3, -0.25) is 4.79 Å². The number of hydrogen-bond donors (Lipinski definition) is 1. The van der Waals surface area contributed by atoms with Gasteiger partial charge in [0.15, 0.2) is 18.2 Å². The largest absolute Gasteiger partial charge is 0.467 e. The minimum Gasteiger partial charge on any atom is -0.467 e. The van der Waals surface area contributed by atoms with Gasteiger partial charge in [-0.1, -0.05) is 18.2 Å². The van der Waals surface area contributed by atoms with Crippen LogP contribution in [-0.4, -0.2) is 53.4 Å². The zero-order chi connectivity index (χ0) is 22.0. The van der Waals surface area contributed by atoms with Crippen molar-refractivity contribution in [2.45, 2.75) is 12.3 Å². The van der Waals surface area contributed by atoms with Crippen molar-refractivity contribution in [2.24, 2.45) is 0 Å². The van der Waals surface area contributed by atoms with Crippen LogP contribution >= 0.6 is 0 Å². The van der Waals surface area contributed by atoms with E-state index in [-0.39, 0.29) is 41.7 Å². The monoisotopic (exact) mass is 429 g/mol. The summed E-state index contributed by atoms with van der Waals surface area (Å²) in [6.45, 7) is -0.465. The molecule has 1 fully saturated rings. The Kier molecular flexibility index (Phi) is 5.70. The number of ether oxygens (including phenoxy) is 1. The summed E-state index contributed by atoms with van der Waals surface area (Å²) in [4.78, 5) is 26.3. The second-order valence-corrected chi connectivity index (χ2v) is 6.89. The Labute approximate surface area is 175 Å². The molecule has 1 saturated heterocycles. The van der Waals surface area contributed by atoms with Crippen molar-refractivity contribution >= 4 is 17.4 Å². The molecule has 0 aliphatic carbocycles. The van der Waals surface area contributed by atoms with Crippen molar-refractivity contribution in [2.75, 3.05) is 30.4 Å². The van der Waals surface area contributed by atoms with Gasteiger partial charge in [-0.05, 0) is 12.1 Å². The van der Waals surface area contributed by atoms with E-state index in [4.69, 9.17) is 4.74 Å². The van der Waals surface area contributed by atoms with E-state index in [1.54, 1.807) is 12.1 Å². The summed E-state index contributed by atoms with van der Waals surface area (Å²) in [5.41, 5.74) is 0.779. The molecule has 1 N–H and O–H groups in total. The van der Waals surface area contributed by atoms with Crippen LogP contribution in [0.25, 0.3) is 11.1 Å². The molecule has 7 nitrogen and oxygen atoms in total. The van der Waals surface area contributed by atoms with Crippen molar-refractivity contribution < 1.29 is 22.7 Å². The Bertz CT molecular complexity index is 1090. The van der Waals surface area contributed by atoms with E-state index < -0.39 is 24.1 Å². The normalized spacial score (nSPS) is 18.1. The molecule has 2 aromatic heterocycles. The molecule has 31 heavy (non-hydrogen) atoms. The van der Waals surface area contributed by atoms with E-state index in [1.165, 1.54) is 48.8 Å². The van der Waals surface area contributed by atoms with Crippen LogP contribution in [0.5, 0.6) is 6.01 Å². The number of nitrogens with zero attached hydrogens (tertiary/aromatic N) is 4. The summed E-state index contributed by atoms with van der Waals surface area (Å²) in [7, 11) is 1.39. The summed E-state index contributed by atoms with van der Waals surface area (Å²) < 4.78 is 47.1. The first kappa shape index (κ1) is 20.6. The average molecular weight is 429 g/mol. The van der Waals surface area contributed by atoms with Gasteiger partial charge >= 0.3 is 6.01 Å². The van der Waals surface area contributed by atoms with Crippen LogP contribution in [-0.2, 0) is 0 Å². The first-order chi connectivity index (χ1) is 15.0. The third-order valence-electron chi connectivity index (χ3n) is 4.89. The zero-order valence-corrected chi connectivity index (χ0v) is 16.4. The average Bonchev–Trinajstić information content (AvgIpc) is 3.12. The smallest absolute Gasteiger partial charge is 0.316 e. The van der Waals surface area contributed by atoms with Crippen LogP contribution in [0.3, 0.4) is 0 Å². The maximum atomic E-state index is 14.5. The lowest BCUT2D eigenvalue weighted by atomic mass is 10.0. The molecular weight excluding hydrogens is 411 g/mol. The van der Waals surface area contributed by atoms with Crippen LogP contribution < -0.4 is 15.0 Å². The minimum absolute atomic E-state index is 0.0886. The SMILES string of the molecule is COc1ncc(C(=O)Nc2c(-c3ccccc3F)ccnc2N2C[C@@H](F)[C@@H](F)C2)cn1. The van der Waals surface area contributed by atoms with Crippen LogP contribution in [0.1, 0.15) is 10.4 Å². The summed E-state index contributed by atoms with van der Waals surface area (Å²) in [5.74, 6) is -0.968. The Balaban J connectivity index is 1.77. The van der Waals surface area contributed by atoms with Gasteiger partial charge in [0.1, 0.15) is 5.82 Å². The lowest BCUT2D eigenvalue weighted by Crippen LogP contribution is -2.24. The Morgan fingerprint density at radius 2 is 1.74 bits per heavy atom. The molecule has 0 bridgehead atoms. The minimum atomic E-state index is -1.68. The first-order valence-electron chi connectivity index (χ1n) is 9.42. The molecule has 3 aromatic rings. The number of halogens is 3. The number of methoxy groups -OCH3 is 1. The van der Waals surface area contributed by atoms with E-state index >= 15 is 0 Å². The third kappa shape index (κ3) is 4.14. The highest BCUT2D eigenvalue weighted by atomic mass is 19.2. The lowest BCUT2D eigenvalue weighted by molar-refractivity contribution is 0.102. The second-order valence-electron chi connectivity index (χ2n) is 6.89. The van der Waals surface area contributed by atoms with Crippen LogP contribution in [0.4, 0.5) is 24.7 Å². The van der Waals surface area contributed by atoms with Gasteiger partial charge in [0, 0.05) is 29.7 Å². The zero-order valence-electron chi connectivity index (χ0n) is 16.4. The number of nitrogens with one attached hydrogen (secondary N) is 1. The van der Waals surface area contributed by atoms with Crippen LogP contribution in [0.15, 0.2) is 48.9 Å². The molecular formula is C21H18F3N5O2. The van der Waals surface area contributed by atoms with Crippen molar-refractivity contribution in [1.82, 2.24) is 15.0 Å². The van der Waals surface area contributed by atoms with E-state index in [2.05, 4.69) is 20.3 Å². The molecule has 0 unspecified atom stereocenters. The molecule has 0 spiro atoms. The topological polar surface area (TPSA) is 80.2 Å². The number of rotatable bonds is 5. The van der Waals surface area contributed by atoms with E-state index in [0.29, 0.717) is 5.56 Å². The maximum absolute atomic E-state index is 14.5. The summed E-state index contributed by atoms with van der Waals surface area (Å²) >= 11 is 0. The van der Waals surface area contributed by atoms with E-state index in [0.717, 1.165) is 0 Å². The fourth-order valence-electron chi connectivity index (χ4n) is 3.34. The second kappa shape index (κ2) is 8.58. The number of carbonyl (C=O) groups is 1. The van der Waals surface area contributed by atoms with Crippen molar-refractivity contribution in [3.05, 3.63) is 60.3 Å². The molecule has 1 aromatic carbocycles. The van der Waals surface area contributed by atoms with Gasteiger partial charge in [0.25, 0.3) is 5.91 Å². The highest BCUT2D eigenvalue weighted by Crippen LogP contribution is 2.38. The van der Waals surface area contributed by atoms with Gasteiger partial charge in [-0.2, -0.15) is 0 Å². The van der Waals surface area contributed by atoms with Gasteiger partial charge in [-0.25, -0.2) is 28.1 Å². The first-order valence-corrected chi connectivity index (χ1v) is 9.42. The van der Waals surface area contributed by atoms with Crippen molar-refractivity contribution in [3.8, 4) is 17.1 Å². The molecule has 1 aliphatic rings. The number of alkyl halides is 2.